The molecule has 2 atom stereocenters. The van der Waals surface area contributed by atoms with Crippen LogP contribution in [0.15, 0.2) is 73.4 Å². The molecule has 4 aliphatic heterocycles. The average molecular weight is 810 g/mol. The van der Waals surface area contributed by atoms with Gasteiger partial charge in [-0.05, 0) is 79.8 Å². The van der Waals surface area contributed by atoms with Crippen molar-refractivity contribution in [2.45, 2.75) is 57.0 Å². The Balaban J connectivity index is 0.792. The summed E-state index contributed by atoms with van der Waals surface area (Å²) in [6.45, 7) is 11.4. The second-order valence-electron chi connectivity index (χ2n) is 15.9. The monoisotopic (exact) mass is 809 g/mol. The van der Waals surface area contributed by atoms with Gasteiger partial charge in [-0.15, -0.1) is 6.58 Å². The number of fused-ring (bicyclic) bond motifs is 2. The van der Waals surface area contributed by atoms with E-state index in [1.807, 2.05) is 24.3 Å². The highest BCUT2D eigenvalue weighted by atomic mass is 16.2. The van der Waals surface area contributed by atoms with Crippen LogP contribution >= 0.6 is 0 Å². The van der Waals surface area contributed by atoms with E-state index < -0.39 is 29.7 Å². The highest BCUT2D eigenvalue weighted by Gasteiger charge is 2.45. The van der Waals surface area contributed by atoms with E-state index in [2.05, 4.69) is 72.7 Å². The van der Waals surface area contributed by atoms with E-state index in [1.165, 1.54) is 11.8 Å². The number of piperazine rings is 1. The lowest BCUT2D eigenvalue weighted by molar-refractivity contribution is -0.136. The zero-order valence-corrected chi connectivity index (χ0v) is 33.4. The maximum absolute atomic E-state index is 13.3. The summed E-state index contributed by atoms with van der Waals surface area (Å²) in [5.41, 5.74) is 6.06. The van der Waals surface area contributed by atoms with Crippen LogP contribution in [0.1, 0.15) is 80.9 Å². The second kappa shape index (κ2) is 16.2. The highest BCUT2D eigenvalue weighted by molar-refractivity contribution is 6.23. The van der Waals surface area contributed by atoms with E-state index in [1.54, 1.807) is 18.2 Å². The third kappa shape index (κ3) is 7.42. The fraction of sp³-hybridized carbons (Fsp3) is 0.364. The van der Waals surface area contributed by atoms with Gasteiger partial charge >= 0.3 is 0 Å². The molecule has 4 N–H and O–H groups in total. The Labute approximate surface area is 347 Å². The number of piperidine rings is 1. The Hall–Kier alpha value is -6.68. The number of imide groups is 2. The third-order valence-corrected chi connectivity index (χ3v) is 12.3. The summed E-state index contributed by atoms with van der Waals surface area (Å²) < 4.78 is 0. The Morgan fingerprint density at radius 2 is 1.63 bits per heavy atom. The van der Waals surface area contributed by atoms with E-state index in [0.29, 0.717) is 47.2 Å². The molecular weight excluding hydrogens is 763 g/mol. The number of anilines is 6. The number of aryl methyl sites for hydroxylation is 1. The summed E-state index contributed by atoms with van der Waals surface area (Å²) in [7, 11) is 0. The number of benzene rings is 2. The van der Waals surface area contributed by atoms with Crippen molar-refractivity contribution in [2.75, 3.05) is 66.2 Å². The number of pyridine rings is 1. The van der Waals surface area contributed by atoms with Gasteiger partial charge in [0.1, 0.15) is 23.2 Å². The van der Waals surface area contributed by atoms with Crippen molar-refractivity contribution in [3.05, 3.63) is 101 Å². The minimum absolute atomic E-state index is 0.0865. The van der Waals surface area contributed by atoms with Crippen LogP contribution < -0.4 is 31.1 Å². The molecule has 2 aromatic heterocycles. The molecule has 5 amide bonds. The maximum Gasteiger partial charge on any atom is 0.262 e. The molecule has 1 aliphatic carbocycles. The fourth-order valence-electron chi connectivity index (χ4n) is 8.87. The lowest BCUT2D eigenvalue weighted by Crippen LogP contribution is -2.63. The van der Waals surface area contributed by atoms with Gasteiger partial charge in [0.25, 0.3) is 17.7 Å². The molecule has 0 saturated carbocycles. The summed E-state index contributed by atoms with van der Waals surface area (Å²) in [5, 5.41) is 11.6. The topological polar surface area (TPSA) is 185 Å². The zero-order valence-electron chi connectivity index (χ0n) is 33.4. The van der Waals surface area contributed by atoms with Crippen LogP contribution in [-0.4, -0.2) is 112 Å². The number of nitrogens with zero attached hydrogens (tertiary/aromatic N) is 7. The molecule has 5 aliphatic rings. The van der Waals surface area contributed by atoms with Gasteiger partial charge in [-0.25, -0.2) is 9.97 Å². The summed E-state index contributed by atoms with van der Waals surface area (Å²) in [4.78, 5) is 85.8. The number of nitrogens with one attached hydrogen (secondary N) is 4. The molecule has 3 fully saturated rings. The first-order chi connectivity index (χ1) is 29.2. The summed E-state index contributed by atoms with van der Waals surface area (Å²) in [6, 6.07) is 16.9. The van der Waals surface area contributed by atoms with Crippen molar-refractivity contribution in [3.63, 3.8) is 0 Å². The van der Waals surface area contributed by atoms with Gasteiger partial charge in [0, 0.05) is 93.1 Å². The normalized spacial score (nSPS) is 20.4. The van der Waals surface area contributed by atoms with Crippen molar-refractivity contribution in [3.8, 4) is 0 Å². The smallest absolute Gasteiger partial charge is 0.262 e. The van der Waals surface area contributed by atoms with Gasteiger partial charge in [0.2, 0.25) is 17.8 Å². The molecule has 0 radical (unpaired) electrons. The van der Waals surface area contributed by atoms with Crippen LogP contribution in [0.4, 0.5) is 34.6 Å². The number of carbonyl (C=O) groups is 5. The zero-order chi connectivity index (χ0) is 41.5. The van der Waals surface area contributed by atoms with Crippen LogP contribution in [0, 0.1) is 0 Å². The van der Waals surface area contributed by atoms with Crippen LogP contribution in [0.5, 0.6) is 0 Å². The third-order valence-electron chi connectivity index (χ3n) is 12.3. The van der Waals surface area contributed by atoms with Gasteiger partial charge in [-0.1, -0.05) is 19.1 Å². The first-order valence-electron chi connectivity index (χ1n) is 20.7. The Kier molecular flexibility index (Phi) is 10.5. The molecular formula is C44H47N11O5. The molecule has 16 nitrogen and oxygen atoms in total. The summed E-state index contributed by atoms with van der Waals surface area (Å²) >= 11 is 0. The lowest BCUT2D eigenvalue weighted by atomic mass is 10.0. The number of carbonyl (C=O) groups excluding carboxylic acids is 5. The van der Waals surface area contributed by atoms with Crippen molar-refractivity contribution < 1.29 is 24.0 Å². The van der Waals surface area contributed by atoms with Crippen molar-refractivity contribution in [1.82, 2.24) is 35.4 Å². The fourth-order valence-corrected chi connectivity index (χ4v) is 8.87. The molecule has 16 heteroatoms. The first kappa shape index (κ1) is 38.8. The van der Waals surface area contributed by atoms with E-state index in [-0.39, 0.29) is 24.3 Å². The molecule has 0 bridgehead atoms. The van der Waals surface area contributed by atoms with Crippen LogP contribution in [0.2, 0.25) is 0 Å². The highest BCUT2D eigenvalue weighted by Crippen LogP contribution is 2.36. The Morgan fingerprint density at radius 3 is 2.38 bits per heavy atom. The minimum atomic E-state index is -0.980. The van der Waals surface area contributed by atoms with E-state index in [4.69, 9.17) is 9.97 Å². The molecule has 60 heavy (non-hydrogen) atoms. The number of rotatable bonds is 12. The predicted octanol–water partition coefficient (Wildman–Crippen LogP) is 4.13. The minimum Gasteiger partial charge on any atom is -0.369 e. The van der Waals surface area contributed by atoms with Crippen molar-refractivity contribution in [2.24, 2.45) is 0 Å². The second-order valence-corrected chi connectivity index (χ2v) is 15.9. The number of hydrogen-bond donors (Lipinski definition) is 4. The predicted molar refractivity (Wildman–Crippen MR) is 226 cm³/mol. The summed E-state index contributed by atoms with van der Waals surface area (Å²) in [6.07, 6.45) is 6.51. The molecule has 308 valence electrons. The van der Waals surface area contributed by atoms with Gasteiger partial charge in [0.15, 0.2) is 0 Å². The quantitative estimate of drug-likeness (QED) is 0.119. The molecule has 2 aromatic carbocycles. The lowest BCUT2D eigenvalue weighted by Gasteiger charge is -2.49. The molecule has 0 spiro atoms. The standard InChI is InChI=1S/C44H47N11O5/c1-3-17-45-40(57)34-23-46-44(51-39(34)49-36-15-7-27-6-5-26(4-2)38(27)48-36)47-28-8-10-29(11-9-28)52-18-20-53(21-19-52)31-24-54(25-31)30-12-13-32-33(22-30)43(60)55(42(32)59)35-14-16-37(56)50-41(35)58/h3,7-13,15,22-23,26,31,35H,1,4-6,14,16-21,24-25H2,2H3,(H,45,57)(H,50,56,58)(H2,46,47,48,49,51). The van der Waals surface area contributed by atoms with E-state index in [9.17, 15) is 24.0 Å². The average Bonchev–Trinajstić information content (AvgIpc) is 3.76. The summed E-state index contributed by atoms with van der Waals surface area (Å²) in [5.74, 6) is -0.553. The van der Waals surface area contributed by atoms with Gasteiger partial charge < -0.3 is 25.8 Å². The van der Waals surface area contributed by atoms with Crippen LogP contribution in [0.25, 0.3) is 0 Å². The maximum atomic E-state index is 13.3. The van der Waals surface area contributed by atoms with Gasteiger partial charge in [0.05, 0.1) is 11.1 Å². The molecule has 3 saturated heterocycles. The molecule has 2 unspecified atom stereocenters. The number of hydrogen-bond acceptors (Lipinski definition) is 13. The number of aromatic nitrogens is 3. The Bertz CT molecular complexity index is 2390. The number of amides is 5. The van der Waals surface area contributed by atoms with E-state index >= 15 is 0 Å². The van der Waals surface area contributed by atoms with Gasteiger partial charge in [-0.2, -0.15) is 4.98 Å². The first-order valence-corrected chi connectivity index (χ1v) is 20.7. The van der Waals surface area contributed by atoms with Crippen LogP contribution in [-0.2, 0) is 16.0 Å². The Morgan fingerprint density at radius 1 is 0.867 bits per heavy atom. The molecule has 9 rings (SSSR count). The van der Waals surface area contributed by atoms with Gasteiger partial charge in [-0.3, -0.25) is 39.1 Å². The van der Waals surface area contributed by atoms with Crippen molar-refractivity contribution >= 4 is 64.2 Å². The van der Waals surface area contributed by atoms with Crippen LogP contribution in [0.3, 0.4) is 0 Å². The van der Waals surface area contributed by atoms with E-state index in [0.717, 1.165) is 86.2 Å². The molecule has 4 aromatic rings. The largest absolute Gasteiger partial charge is 0.369 e. The van der Waals surface area contributed by atoms with Crippen molar-refractivity contribution in [1.29, 1.82) is 0 Å². The SMILES string of the molecule is C=CCNC(=O)c1cnc(Nc2ccc(N3CCN(C4CN(c5ccc6c(c5)C(=O)N(C5CCC(=O)NC5=O)C6=O)C4)CC3)cc2)nc1Nc1ccc2c(n1)C(CC)CC2. The molecule has 6 heterocycles.